The van der Waals surface area contributed by atoms with Crippen LogP contribution in [0.1, 0.15) is 31.1 Å². The lowest BCUT2D eigenvalue weighted by Gasteiger charge is -2.11. The fraction of sp³-hybridized carbons (Fsp3) is 0.400. The highest BCUT2D eigenvalue weighted by molar-refractivity contribution is 5.42. The summed E-state index contributed by atoms with van der Waals surface area (Å²) in [6.07, 6.45) is 1.96. The molecule has 0 amide bonds. The third kappa shape index (κ3) is 3.30. The SMILES string of the molecule is COc1cc(CN)ccc1OCc1ccn(C(C)C)n1. The Morgan fingerprint density at radius 3 is 2.65 bits per heavy atom. The maximum atomic E-state index is 5.77. The zero-order chi connectivity index (χ0) is 14.5. The molecule has 0 aliphatic rings. The zero-order valence-corrected chi connectivity index (χ0v) is 12.2. The molecule has 0 fully saturated rings. The van der Waals surface area contributed by atoms with Crippen LogP contribution >= 0.6 is 0 Å². The maximum absolute atomic E-state index is 5.77. The van der Waals surface area contributed by atoms with E-state index in [0.717, 1.165) is 11.3 Å². The minimum absolute atomic E-state index is 0.349. The molecule has 0 radical (unpaired) electrons. The van der Waals surface area contributed by atoms with Crippen molar-refractivity contribution in [3.05, 3.63) is 41.7 Å². The monoisotopic (exact) mass is 275 g/mol. The molecule has 1 aromatic carbocycles. The van der Waals surface area contributed by atoms with Crippen molar-refractivity contribution >= 4 is 0 Å². The molecular weight excluding hydrogens is 254 g/mol. The molecule has 5 nitrogen and oxygen atoms in total. The number of aromatic nitrogens is 2. The molecule has 0 spiro atoms. The molecule has 2 aromatic rings. The second-order valence-corrected chi connectivity index (χ2v) is 4.86. The van der Waals surface area contributed by atoms with Gasteiger partial charge in [-0.15, -0.1) is 0 Å². The van der Waals surface area contributed by atoms with E-state index < -0.39 is 0 Å². The smallest absolute Gasteiger partial charge is 0.161 e. The van der Waals surface area contributed by atoms with Crippen molar-refractivity contribution in [1.29, 1.82) is 0 Å². The minimum atomic E-state index is 0.349. The summed E-state index contributed by atoms with van der Waals surface area (Å²) in [4.78, 5) is 0. The highest BCUT2D eigenvalue weighted by Crippen LogP contribution is 2.28. The fourth-order valence-electron chi connectivity index (χ4n) is 1.85. The maximum Gasteiger partial charge on any atom is 0.161 e. The summed E-state index contributed by atoms with van der Waals surface area (Å²) < 4.78 is 13.0. The fourth-order valence-corrected chi connectivity index (χ4v) is 1.85. The van der Waals surface area contributed by atoms with E-state index >= 15 is 0 Å². The Hall–Kier alpha value is -2.01. The number of nitrogens with zero attached hydrogens (tertiary/aromatic N) is 2. The number of hydrogen-bond acceptors (Lipinski definition) is 4. The van der Waals surface area contributed by atoms with E-state index in [-0.39, 0.29) is 0 Å². The Kier molecular flexibility index (Phi) is 4.63. The Labute approximate surface area is 119 Å². The molecular formula is C15H21N3O2. The van der Waals surface area contributed by atoms with Gasteiger partial charge in [0.15, 0.2) is 11.5 Å². The van der Waals surface area contributed by atoms with Crippen LogP contribution < -0.4 is 15.2 Å². The van der Waals surface area contributed by atoms with Gasteiger partial charge in [-0.25, -0.2) is 0 Å². The predicted octanol–water partition coefficient (Wildman–Crippen LogP) is 2.51. The summed E-state index contributed by atoms with van der Waals surface area (Å²) >= 11 is 0. The van der Waals surface area contributed by atoms with Gasteiger partial charge >= 0.3 is 0 Å². The molecule has 0 saturated heterocycles. The molecule has 0 unspecified atom stereocenters. The Morgan fingerprint density at radius 2 is 2.05 bits per heavy atom. The zero-order valence-electron chi connectivity index (χ0n) is 12.2. The molecule has 1 heterocycles. The number of rotatable bonds is 6. The largest absolute Gasteiger partial charge is 0.493 e. The molecule has 1 aromatic heterocycles. The van der Waals surface area contributed by atoms with Crippen molar-refractivity contribution in [1.82, 2.24) is 9.78 Å². The summed E-state index contributed by atoms with van der Waals surface area (Å²) in [7, 11) is 1.62. The van der Waals surface area contributed by atoms with E-state index in [2.05, 4.69) is 18.9 Å². The molecule has 0 bridgehead atoms. The number of ether oxygens (including phenoxy) is 2. The Balaban J connectivity index is 2.06. The lowest BCUT2D eigenvalue weighted by Crippen LogP contribution is -2.04. The van der Waals surface area contributed by atoms with Crippen LogP contribution in [0.3, 0.4) is 0 Å². The Morgan fingerprint density at radius 1 is 1.25 bits per heavy atom. The molecule has 0 aliphatic carbocycles. The molecule has 20 heavy (non-hydrogen) atoms. The summed E-state index contributed by atoms with van der Waals surface area (Å²) in [5.74, 6) is 1.39. The van der Waals surface area contributed by atoms with Crippen LogP contribution in [-0.4, -0.2) is 16.9 Å². The van der Waals surface area contributed by atoms with E-state index in [1.165, 1.54) is 0 Å². The molecule has 108 valence electrons. The molecule has 5 heteroatoms. The normalized spacial score (nSPS) is 10.8. The molecule has 0 atom stereocenters. The highest BCUT2D eigenvalue weighted by atomic mass is 16.5. The first kappa shape index (κ1) is 14.4. The summed E-state index contributed by atoms with van der Waals surface area (Å²) in [5, 5.41) is 4.44. The average molecular weight is 275 g/mol. The molecule has 2 rings (SSSR count). The first-order valence-corrected chi connectivity index (χ1v) is 6.68. The van der Waals surface area contributed by atoms with Crippen LogP contribution in [0.15, 0.2) is 30.5 Å². The Bertz CT molecular complexity index is 564. The van der Waals surface area contributed by atoms with Crippen LogP contribution in [0.4, 0.5) is 0 Å². The van der Waals surface area contributed by atoms with Gasteiger partial charge in [0, 0.05) is 18.8 Å². The first-order chi connectivity index (χ1) is 9.63. The van der Waals surface area contributed by atoms with Gasteiger partial charge in [0.25, 0.3) is 0 Å². The van der Waals surface area contributed by atoms with Crippen LogP contribution in [-0.2, 0) is 13.2 Å². The van der Waals surface area contributed by atoms with Crippen molar-refractivity contribution in [2.45, 2.75) is 33.0 Å². The van der Waals surface area contributed by atoms with E-state index in [9.17, 15) is 0 Å². The lowest BCUT2D eigenvalue weighted by atomic mass is 10.2. The second kappa shape index (κ2) is 6.43. The molecule has 0 aliphatic heterocycles. The topological polar surface area (TPSA) is 62.3 Å². The van der Waals surface area contributed by atoms with E-state index in [4.69, 9.17) is 15.2 Å². The van der Waals surface area contributed by atoms with Gasteiger partial charge in [-0.1, -0.05) is 6.07 Å². The van der Waals surface area contributed by atoms with Gasteiger partial charge in [-0.3, -0.25) is 4.68 Å². The number of benzene rings is 1. The van der Waals surface area contributed by atoms with Crippen molar-refractivity contribution in [2.24, 2.45) is 5.73 Å². The average Bonchev–Trinajstić information content (AvgIpc) is 2.94. The predicted molar refractivity (Wildman–Crippen MR) is 77.8 cm³/mol. The number of hydrogen-bond donors (Lipinski definition) is 1. The van der Waals surface area contributed by atoms with Crippen LogP contribution in [0.5, 0.6) is 11.5 Å². The van der Waals surface area contributed by atoms with Crippen molar-refractivity contribution in [3.63, 3.8) is 0 Å². The van der Waals surface area contributed by atoms with Crippen molar-refractivity contribution < 1.29 is 9.47 Å². The summed E-state index contributed by atoms with van der Waals surface area (Å²) in [5.41, 5.74) is 7.52. The van der Waals surface area contributed by atoms with Crippen LogP contribution in [0.25, 0.3) is 0 Å². The van der Waals surface area contributed by atoms with Gasteiger partial charge in [-0.2, -0.15) is 5.10 Å². The van der Waals surface area contributed by atoms with Crippen molar-refractivity contribution in [3.8, 4) is 11.5 Å². The van der Waals surface area contributed by atoms with Crippen molar-refractivity contribution in [2.75, 3.05) is 7.11 Å². The highest BCUT2D eigenvalue weighted by Gasteiger charge is 2.07. The van der Waals surface area contributed by atoms with Gasteiger partial charge in [-0.05, 0) is 37.6 Å². The molecule has 0 saturated carbocycles. The minimum Gasteiger partial charge on any atom is -0.493 e. The van der Waals surface area contributed by atoms with Gasteiger partial charge in [0.05, 0.1) is 12.8 Å². The third-order valence-corrected chi connectivity index (χ3v) is 3.03. The third-order valence-electron chi connectivity index (χ3n) is 3.03. The van der Waals surface area contributed by atoms with Gasteiger partial charge < -0.3 is 15.2 Å². The summed E-state index contributed by atoms with van der Waals surface area (Å²) in [6.45, 7) is 5.08. The quantitative estimate of drug-likeness (QED) is 0.880. The standard InChI is InChI=1S/C15H21N3O2/c1-11(2)18-7-6-13(17-18)10-20-14-5-4-12(9-16)8-15(14)19-3/h4-8,11H,9-10,16H2,1-3H3. The number of nitrogens with two attached hydrogens (primary N) is 1. The van der Waals surface area contributed by atoms with Crippen LogP contribution in [0, 0.1) is 0 Å². The first-order valence-electron chi connectivity index (χ1n) is 6.68. The van der Waals surface area contributed by atoms with Gasteiger partial charge in [0.1, 0.15) is 6.61 Å². The number of methoxy groups -OCH3 is 1. The van der Waals surface area contributed by atoms with E-state index in [0.29, 0.717) is 30.7 Å². The lowest BCUT2D eigenvalue weighted by molar-refractivity contribution is 0.278. The van der Waals surface area contributed by atoms with Gasteiger partial charge in [0.2, 0.25) is 0 Å². The van der Waals surface area contributed by atoms with Crippen LogP contribution in [0.2, 0.25) is 0 Å². The molecule has 2 N–H and O–H groups in total. The summed E-state index contributed by atoms with van der Waals surface area (Å²) in [6, 6.07) is 8.01. The van der Waals surface area contributed by atoms with E-state index in [1.54, 1.807) is 7.11 Å². The second-order valence-electron chi connectivity index (χ2n) is 4.86. The van der Waals surface area contributed by atoms with E-state index in [1.807, 2.05) is 35.1 Å².